The molecule has 0 heterocycles. The number of hydrogen-bond acceptors (Lipinski definition) is 1. The molecule has 0 aliphatic carbocycles. The van der Waals surface area contributed by atoms with Gasteiger partial charge in [-0.3, -0.25) is 0 Å². The second kappa shape index (κ2) is 5.35. The fourth-order valence-corrected chi connectivity index (χ4v) is 1.59. The summed E-state index contributed by atoms with van der Waals surface area (Å²) in [6, 6.07) is 19.5. The fraction of sp³-hybridized carbons (Fsp3) is 0.125. The van der Waals surface area contributed by atoms with E-state index < -0.39 is 0 Å². The third-order valence-electron chi connectivity index (χ3n) is 2.62. The van der Waals surface area contributed by atoms with E-state index in [9.17, 15) is 0 Å². The molecular weight excluding hydrogens is 206 g/mol. The topological polar surface area (TPSA) is 3.24 Å². The van der Waals surface area contributed by atoms with E-state index in [4.69, 9.17) is 0 Å². The lowest BCUT2D eigenvalue weighted by atomic mass is 10.1. The second-order valence-electron chi connectivity index (χ2n) is 4.15. The van der Waals surface area contributed by atoms with Crippen molar-refractivity contribution < 1.29 is 0 Å². The van der Waals surface area contributed by atoms with Gasteiger partial charge in [-0.05, 0) is 29.3 Å². The summed E-state index contributed by atoms with van der Waals surface area (Å²) in [5.74, 6) is 0. The lowest BCUT2D eigenvalue weighted by molar-refractivity contribution is 1.13. The van der Waals surface area contributed by atoms with Crippen molar-refractivity contribution in [3.63, 3.8) is 0 Å². The SMILES string of the molecule is CN(C)c1ccc(/C=C/c2cc[c]cc2)cc1. The smallest absolute Gasteiger partial charge is 0.0361 e. The van der Waals surface area contributed by atoms with Crippen molar-refractivity contribution in [2.75, 3.05) is 19.0 Å². The number of nitrogens with zero attached hydrogens (tertiary/aromatic N) is 1. The predicted molar refractivity (Wildman–Crippen MR) is 75.0 cm³/mol. The lowest BCUT2D eigenvalue weighted by Gasteiger charge is -2.11. The molecule has 85 valence electrons. The maximum Gasteiger partial charge on any atom is 0.0361 e. The normalized spacial score (nSPS) is 10.7. The van der Waals surface area contributed by atoms with E-state index in [1.54, 1.807) is 0 Å². The van der Waals surface area contributed by atoms with Crippen LogP contribution < -0.4 is 4.90 Å². The van der Waals surface area contributed by atoms with Crippen molar-refractivity contribution in [1.82, 2.24) is 0 Å². The Labute approximate surface area is 103 Å². The summed E-state index contributed by atoms with van der Waals surface area (Å²) in [7, 11) is 4.09. The van der Waals surface area contributed by atoms with E-state index in [0.717, 1.165) is 0 Å². The predicted octanol–water partition coefficient (Wildman–Crippen LogP) is 3.72. The van der Waals surface area contributed by atoms with Crippen LogP contribution in [0.5, 0.6) is 0 Å². The van der Waals surface area contributed by atoms with E-state index in [2.05, 4.69) is 47.4 Å². The van der Waals surface area contributed by atoms with Gasteiger partial charge in [0.25, 0.3) is 0 Å². The van der Waals surface area contributed by atoms with E-state index in [1.165, 1.54) is 16.8 Å². The minimum atomic E-state index is 1.19. The van der Waals surface area contributed by atoms with Crippen LogP contribution in [0, 0.1) is 6.07 Å². The lowest BCUT2D eigenvalue weighted by Crippen LogP contribution is -2.07. The first-order valence-electron chi connectivity index (χ1n) is 5.67. The Morgan fingerprint density at radius 1 is 0.824 bits per heavy atom. The van der Waals surface area contributed by atoms with Crippen LogP contribution in [0.2, 0.25) is 0 Å². The summed E-state index contributed by atoms with van der Waals surface area (Å²) in [6.07, 6.45) is 4.23. The van der Waals surface area contributed by atoms with Crippen molar-refractivity contribution in [3.8, 4) is 0 Å². The van der Waals surface area contributed by atoms with Crippen molar-refractivity contribution in [2.24, 2.45) is 0 Å². The average molecular weight is 222 g/mol. The van der Waals surface area contributed by atoms with Crippen LogP contribution in [0.4, 0.5) is 5.69 Å². The zero-order valence-corrected chi connectivity index (χ0v) is 10.2. The Kier molecular flexibility index (Phi) is 3.61. The molecule has 1 radical (unpaired) electrons. The fourth-order valence-electron chi connectivity index (χ4n) is 1.59. The van der Waals surface area contributed by atoms with Gasteiger partial charge in [-0.25, -0.2) is 0 Å². The van der Waals surface area contributed by atoms with Gasteiger partial charge in [0.05, 0.1) is 0 Å². The minimum Gasteiger partial charge on any atom is -0.378 e. The van der Waals surface area contributed by atoms with Gasteiger partial charge in [-0.1, -0.05) is 48.6 Å². The van der Waals surface area contributed by atoms with Gasteiger partial charge in [0, 0.05) is 19.8 Å². The van der Waals surface area contributed by atoms with Crippen molar-refractivity contribution >= 4 is 17.8 Å². The minimum absolute atomic E-state index is 1.19. The van der Waals surface area contributed by atoms with Crippen LogP contribution >= 0.6 is 0 Å². The van der Waals surface area contributed by atoms with Gasteiger partial charge in [0.15, 0.2) is 0 Å². The van der Waals surface area contributed by atoms with Crippen LogP contribution in [0.25, 0.3) is 12.2 Å². The van der Waals surface area contributed by atoms with Crippen LogP contribution in [-0.2, 0) is 0 Å². The first kappa shape index (κ1) is 11.5. The van der Waals surface area contributed by atoms with Crippen molar-refractivity contribution in [1.29, 1.82) is 0 Å². The summed E-state index contributed by atoms with van der Waals surface area (Å²) < 4.78 is 0. The average Bonchev–Trinajstić information content (AvgIpc) is 2.38. The molecule has 0 amide bonds. The maximum absolute atomic E-state index is 3.01. The molecule has 2 aromatic carbocycles. The summed E-state index contributed by atoms with van der Waals surface area (Å²) in [4.78, 5) is 2.10. The van der Waals surface area contributed by atoms with E-state index in [1.807, 2.05) is 38.4 Å². The largest absolute Gasteiger partial charge is 0.378 e. The molecule has 0 N–H and O–H groups in total. The highest BCUT2D eigenvalue weighted by atomic mass is 15.1. The molecule has 0 aliphatic rings. The molecule has 0 spiro atoms. The molecule has 0 atom stereocenters. The first-order chi connectivity index (χ1) is 8.25. The van der Waals surface area contributed by atoms with Gasteiger partial charge in [0.1, 0.15) is 0 Å². The highest BCUT2D eigenvalue weighted by molar-refractivity contribution is 5.70. The molecule has 1 nitrogen and oxygen atoms in total. The summed E-state index contributed by atoms with van der Waals surface area (Å²) in [5, 5.41) is 0. The maximum atomic E-state index is 3.01. The summed E-state index contributed by atoms with van der Waals surface area (Å²) in [6.45, 7) is 0. The quantitative estimate of drug-likeness (QED) is 0.715. The molecule has 2 aromatic rings. The standard InChI is InChI=1S/C16H16N/c1-17(2)16-12-10-15(11-13-16)9-8-14-6-4-3-5-7-14/h4-13H,1-2H3/b9-8+. The van der Waals surface area contributed by atoms with Crippen molar-refractivity contribution in [2.45, 2.75) is 0 Å². The highest BCUT2D eigenvalue weighted by Gasteiger charge is 1.93. The Morgan fingerprint density at radius 2 is 1.35 bits per heavy atom. The zero-order valence-electron chi connectivity index (χ0n) is 10.2. The molecular formula is C16H16N. The van der Waals surface area contributed by atoms with Crippen molar-refractivity contribution in [3.05, 3.63) is 65.7 Å². The molecule has 0 saturated carbocycles. The van der Waals surface area contributed by atoms with Crippen LogP contribution in [-0.4, -0.2) is 14.1 Å². The van der Waals surface area contributed by atoms with Gasteiger partial charge in [0.2, 0.25) is 0 Å². The number of hydrogen-bond donors (Lipinski definition) is 0. The number of benzene rings is 2. The molecule has 2 rings (SSSR count). The summed E-state index contributed by atoms with van der Waals surface area (Å²) in [5.41, 5.74) is 3.63. The molecule has 0 aliphatic heterocycles. The number of anilines is 1. The van der Waals surface area contributed by atoms with E-state index in [-0.39, 0.29) is 0 Å². The molecule has 0 aromatic heterocycles. The Balaban J connectivity index is 2.12. The Bertz CT molecular complexity index is 481. The molecule has 0 bridgehead atoms. The Morgan fingerprint density at radius 3 is 1.88 bits per heavy atom. The Hall–Kier alpha value is -2.02. The number of rotatable bonds is 3. The van der Waals surface area contributed by atoms with Gasteiger partial charge in [-0.2, -0.15) is 0 Å². The zero-order chi connectivity index (χ0) is 12.1. The second-order valence-corrected chi connectivity index (χ2v) is 4.15. The van der Waals surface area contributed by atoms with Gasteiger partial charge >= 0.3 is 0 Å². The van der Waals surface area contributed by atoms with Gasteiger partial charge < -0.3 is 4.90 Å². The molecule has 1 heteroatoms. The molecule has 0 saturated heterocycles. The summed E-state index contributed by atoms with van der Waals surface area (Å²) >= 11 is 0. The molecule has 17 heavy (non-hydrogen) atoms. The molecule has 0 unspecified atom stereocenters. The van der Waals surface area contributed by atoms with Crippen LogP contribution in [0.1, 0.15) is 11.1 Å². The highest BCUT2D eigenvalue weighted by Crippen LogP contribution is 2.14. The monoisotopic (exact) mass is 222 g/mol. The third-order valence-corrected chi connectivity index (χ3v) is 2.62. The van der Waals surface area contributed by atoms with E-state index >= 15 is 0 Å². The first-order valence-corrected chi connectivity index (χ1v) is 5.67. The van der Waals surface area contributed by atoms with E-state index in [0.29, 0.717) is 0 Å². The van der Waals surface area contributed by atoms with Crippen LogP contribution in [0.15, 0.2) is 48.5 Å². The molecule has 0 fully saturated rings. The third kappa shape index (κ3) is 3.22. The van der Waals surface area contributed by atoms with Gasteiger partial charge in [-0.15, -0.1) is 0 Å². The van der Waals surface area contributed by atoms with Crippen LogP contribution in [0.3, 0.4) is 0 Å².